The molecule has 0 fully saturated rings. The van der Waals surface area contributed by atoms with E-state index in [2.05, 4.69) is 25.9 Å². The highest BCUT2D eigenvalue weighted by molar-refractivity contribution is 5.44. The Kier molecular flexibility index (Phi) is 3.90. The summed E-state index contributed by atoms with van der Waals surface area (Å²) in [6, 6.07) is 5.86. The quantitative estimate of drug-likeness (QED) is 0.733. The number of aromatic nitrogens is 4. The van der Waals surface area contributed by atoms with Crippen molar-refractivity contribution >= 4 is 11.6 Å². The predicted molar refractivity (Wildman–Crippen MR) is 66.9 cm³/mol. The molecule has 0 aliphatic rings. The van der Waals surface area contributed by atoms with E-state index in [0.717, 1.165) is 31.1 Å². The summed E-state index contributed by atoms with van der Waals surface area (Å²) in [6.45, 7) is 1.72. The van der Waals surface area contributed by atoms with E-state index in [0.29, 0.717) is 0 Å². The van der Waals surface area contributed by atoms with Gasteiger partial charge in [-0.25, -0.2) is 4.98 Å². The summed E-state index contributed by atoms with van der Waals surface area (Å²) in [5, 5.41) is 13.9. The van der Waals surface area contributed by atoms with Crippen LogP contribution in [0.4, 0.5) is 11.6 Å². The number of nitrogens with zero attached hydrogens (tertiary/aromatic N) is 4. The molecule has 0 saturated heterocycles. The van der Waals surface area contributed by atoms with Gasteiger partial charge in [-0.15, -0.1) is 5.10 Å². The topological polar surface area (TPSA) is 67.7 Å². The monoisotopic (exact) mass is 232 g/mol. The Morgan fingerprint density at radius 2 is 2.18 bits per heavy atom. The highest BCUT2D eigenvalue weighted by Gasteiger charge is 1.96. The SMILES string of the molecule is CNc1cccc(NCCCn2ccnn2)n1. The molecule has 0 radical (unpaired) electrons. The largest absolute Gasteiger partial charge is 0.373 e. The molecule has 2 heterocycles. The lowest BCUT2D eigenvalue weighted by Crippen LogP contribution is -2.08. The lowest BCUT2D eigenvalue weighted by atomic mass is 10.4. The highest BCUT2D eigenvalue weighted by atomic mass is 15.4. The van der Waals surface area contributed by atoms with E-state index in [4.69, 9.17) is 0 Å². The Morgan fingerprint density at radius 3 is 2.94 bits per heavy atom. The predicted octanol–water partition coefficient (Wildman–Crippen LogP) is 1.22. The fourth-order valence-electron chi connectivity index (χ4n) is 1.48. The van der Waals surface area contributed by atoms with Crippen molar-refractivity contribution in [1.29, 1.82) is 0 Å². The van der Waals surface area contributed by atoms with Crippen LogP contribution in [0.5, 0.6) is 0 Å². The fraction of sp³-hybridized carbons (Fsp3) is 0.364. The average Bonchev–Trinajstić information content (AvgIpc) is 2.88. The first kappa shape index (κ1) is 11.4. The lowest BCUT2D eigenvalue weighted by Gasteiger charge is -2.06. The van der Waals surface area contributed by atoms with E-state index in [-0.39, 0.29) is 0 Å². The molecule has 17 heavy (non-hydrogen) atoms. The number of aryl methyl sites for hydroxylation is 1. The molecule has 2 aromatic rings. The van der Waals surface area contributed by atoms with E-state index in [1.54, 1.807) is 6.20 Å². The molecule has 6 heteroatoms. The van der Waals surface area contributed by atoms with Crippen LogP contribution in [0.1, 0.15) is 6.42 Å². The van der Waals surface area contributed by atoms with Crippen molar-refractivity contribution in [1.82, 2.24) is 20.0 Å². The third-order valence-electron chi connectivity index (χ3n) is 2.35. The van der Waals surface area contributed by atoms with Crippen molar-refractivity contribution in [2.24, 2.45) is 0 Å². The second-order valence-electron chi connectivity index (χ2n) is 3.60. The van der Waals surface area contributed by atoms with Crippen molar-refractivity contribution < 1.29 is 0 Å². The van der Waals surface area contributed by atoms with E-state index < -0.39 is 0 Å². The summed E-state index contributed by atoms with van der Waals surface area (Å²) in [4.78, 5) is 4.37. The Labute approximate surface area is 100 Å². The van der Waals surface area contributed by atoms with E-state index in [9.17, 15) is 0 Å². The van der Waals surface area contributed by atoms with Gasteiger partial charge in [0.1, 0.15) is 11.6 Å². The molecule has 0 aromatic carbocycles. The van der Waals surface area contributed by atoms with Crippen LogP contribution in [-0.2, 0) is 6.54 Å². The summed E-state index contributed by atoms with van der Waals surface area (Å²) in [6.07, 6.45) is 4.53. The van der Waals surface area contributed by atoms with Crippen molar-refractivity contribution in [3.05, 3.63) is 30.6 Å². The number of hydrogen-bond acceptors (Lipinski definition) is 5. The first-order chi connectivity index (χ1) is 8.38. The Morgan fingerprint density at radius 1 is 1.29 bits per heavy atom. The van der Waals surface area contributed by atoms with Crippen LogP contribution in [0.2, 0.25) is 0 Å². The molecule has 6 nitrogen and oxygen atoms in total. The van der Waals surface area contributed by atoms with E-state index in [1.807, 2.05) is 36.1 Å². The van der Waals surface area contributed by atoms with Gasteiger partial charge in [0.2, 0.25) is 0 Å². The molecule has 0 aliphatic carbocycles. The summed E-state index contributed by atoms with van der Waals surface area (Å²) in [7, 11) is 1.86. The first-order valence-corrected chi connectivity index (χ1v) is 5.61. The van der Waals surface area contributed by atoms with Gasteiger partial charge in [-0.1, -0.05) is 11.3 Å². The van der Waals surface area contributed by atoms with Crippen LogP contribution >= 0.6 is 0 Å². The van der Waals surface area contributed by atoms with Gasteiger partial charge in [-0.05, 0) is 18.6 Å². The smallest absolute Gasteiger partial charge is 0.128 e. The normalized spacial score (nSPS) is 10.2. The second-order valence-corrected chi connectivity index (χ2v) is 3.60. The van der Waals surface area contributed by atoms with Crippen molar-refractivity contribution in [2.75, 3.05) is 24.2 Å². The maximum Gasteiger partial charge on any atom is 0.128 e. The van der Waals surface area contributed by atoms with Gasteiger partial charge in [0.05, 0.1) is 6.20 Å². The second kappa shape index (κ2) is 5.83. The summed E-state index contributed by atoms with van der Waals surface area (Å²) in [5.41, 5.74) is 0. The summed E-state index contributed by atoms with van der Waals surface area (Å²) < 4.78 is 1.82. The van der Waals surface area contributed by atoms with E-state index in [1.165, 1.54) is 0 Å². The van der Waals surface area contributed by atoms with Crippen LogP contribution in [0.15, 0.2) is 30.6 Å². The molecule has 0 aliphatic heterocycles. The van der Waals surface area contributed by atoms with Gasteiger partial charge in [0.25, 0.3) is 0 Å². The van der Waals surface area contributed by atoms with Gasteiger partial charge >= 0.3 is 0 Å². The zero-order valence-electron chi connectivity index (χ0n) is 9.80. The van der Waals surface area contributed by atoms with Gasteiger partial charge in [0, 0.05) is 26.3 Å². The van der Waals surface area contributed by atoms with Gasteiger partial charge < -0.3 is 10.6 Å². The molecule has 2 aromatic heterocycles. The lowest BCUT2D eigenvalue weighted by molar-refractivity contribution is 0.569. The molecule has 0 unspecified atom stereocenters. The van der Waals surface area contributed by atoms with Gasteiger partial charge in [-0.2, -0.15) is 0 Å². The Balaban J connectivity index is 1.74. The minimum atomic E-state index is 0.860. The molecule has 90 valence electrons. The molecule has 0 amide bonds. The molecule has 0 atom stereocenters. The summed E-state index contributed by atoms with van der Waals surface area (Å²) >= 11 is 0. The average molecular weight is 232 g/mol. The van der Waals surface area contributed by atoms with Crippen molar-refractivity contribution in [3.63, 3.8) is 0 Å². The molecule has 2 N–H and O–H groups in total. The van der Waals surface area contributed by atoms with Crippen LogP contribution in [0, 0.1) is 0 Å². The fourth-order valence-corrected chi connectivity index (χ4v) is 1.48. The molecule has 0 bridgehead atoms. The van der Waals surface area contributed by atoms with Crippen LogP contribution in [0.25, 0.3) is 0 Å². The third-order valence-corrected chi connectivity index (χ3v) is 2.35. The van der Waals surface area contributed by atoms with Crippen LogP contribution in [-0.4, -0.2) is 33.6 Å². The standard InChI is InChI=1S/C11H16N6/c1-12-10-4-2-5-11(15-10)13-6-3-8-17-9-7-14-16-17/h2,4-5,7,9H,3,6,8H2,1H3,(H2,12,13,15). The Bertz CT molecular complexity index is 439. The zero-order chi connectivity index (χ0) is 11.9. The maximum atomic E-state index is 4.37. The number of nitrogens with one attached hydrogen (secondary N) is 2. The van der Waals surface area contributed by atoms with Crippen molar-refractivity contribution in [3.8, 4) is 0 Å². The molecular formula is C11H16N6. The van der Waals surface area contributed by atoms with E-state index >= 15 is 0 Å². The summed E-state index contributed by atoms with van der Waals surface area (Å²) in [5.74, 6) is 1.75. The molecular weight excluding hydrogens is 216 g/mol. The molecule has 0 saturated carbocycles. The molecule has 0 spiro atoms. The number of anilines is 2. The molecule has 2 rings (SSSR count). The zero-order valence-corrected chi connectivity index (χ0v) is 9.80. The minimum absolute atomic E-state index is 0.860. The maximum absolute atomic E-state index is 4.37. The highest BCUT2D eigenvalue weighted by Crippen LogP contribution is 2.07. The minimum Gasteiger partial charge on any atom is -0.373 e. The van der Waals surface area contributed by atoms with Crippen LogP contribution < -0.4 is 10.6 Å². The Hall–Kier alpha value is -2.11. The number of hydrogen-bond donors (Lipinski definition) is 2. The van der Waals surface area contributed by atoms with Gasteiger partial charge in [0.15, 0.2) is 0 Å². The number of pyridine rings is 1. The third kappa shape index (κ3) is 3.44. The van der Waals surface area contributed by atoms with Gasteiger partial charge in [-0.3, -0.25) is 4.68 Å². The van der Waals surface area contributed by atoms with Crippen molar-refractivity contribution in [2.45, 2.75) is 13.0 Å². The van der Waals surface area contributed by atoms with Crippen LogP contribution in [0.3, 0.4) is 0 Å². The number of rotatable bonds is 6. The first-order valence-electron chi connectivity index (χ1n) is 5.61.